The number of hydrogen-bond donors (Lipinski definition) is 0. The molecule has 0 radical (unpaired) electrons. The van der Waals surface area contributed by atoms with Crippen LogP contribution in [-0.4, -0.2) is 23.9 Å². The van der Waals surface area contributed by atoms with E-state index in [0.717, 1.165) is 5.70 Å². The van der Waals surface area contributed by atoms with Crippen molar-refractivity contribution in [2.45, 2.75) is 26.2 Å². The highest BCUT2D eigenvalue weighted by Crippen LogP contribution is 2.28. The molecule has 1 aliphatic heterocycles. The van der Waals surface area contributed by atoms with Crippen LogP contribution in [0.5, 0.6) is 0 Å². The van der Waals surface area contributed by atoms with E-state index in [2.05, 4.69) is 0 Å². The number of allylic oxidation sites excluding steroid dienone is 2. The Balaban J connectivity index is 2.55. The summed E-state index contributed by atoms with van der Waals surface area (Å²) in [4.78, 5) is 1.72. The summed E-state index contributed by atoms with van der Waals surface area (Å²) in [6.45, 7) is 4.11. The lowest BCUT2D eigenvalue weighted by Crippen LogP contribution is -2.23. The predicted molar refractivity (Wildman–Crippen MR) is 40.6 cm³/mol. The predicted octanol–water partition coefficient (Wildman–Crippen LogP) is 2.25. The molecule has 1 aliphatic rings. The fourth-order valence-corrected chi connectivity index (χ4v) is 1.22. The first-order chi connectivity index (χ1) is 5.05. The van der Waals surface area contributed by atoms with Crippen LogP contribution in [0.3, 0.4) is 0 Å². The first-order valence-corrected chi connectivity index (χ1v) is 3.81. The minimum absolute atomic E-state index is 0.00181. The fraction of sp³-hybridized carbons (Fsp3) is 0.750. The van der Waals surface area contributed by atoms with Gasteiger partial charge < -0.3 is 4.90 Å². The lowest BCUT2D eigenvalue weighted by atomic mass is 10.3. The number of alkyl halides is 2. The zero-order valence-corrected chi connectivity index (χ0v) is 6.90. The minimum Gasteiger partial charge on any atom is -0.369 e. The molecule has 0 spiro atoms. The summed E-state index contributed by atoms with van der Waals surface area (Å²) in [5, 5.41) is 0. The molecule has 1 rings (SSSR count). The van der Waals surface area contributed by atoms with Gasteiger partial charge in [0.05, 0.1) is 6.54 Å². The van der Waals surface area contributed by atoms with Gasteiger partial charge in [0.15, 0.2) is 0 Å². The van der Waals surface area contributed by atoms with E-state index < -0.39 is 5.92 Å². The fourth-order valence-electron chi connectivity index (χ4n) is 1.22. The second-order valence-electron chi connectivity index (χ2n) is 2.96. The van der Waals surface area contributed by atoms with Gasteiger partial charge in [-0.2, -0.15) is 0 Å². The Morgan fingerprint density at radius 1 is 1.55 bits per heavy atom. The molecule has 64 valence electrons. The summed E-state index contributed by atoms with van der Waals surface area (Å²) in [6, 6.07) is 0. The van der Waals surface area contributed by atoms with Gasteiger partial charge in [-0.15, -0.1) is 0 Å². The number of rotatable bonds is 1. The third kappa shape index (κ3) is 1.91. The number of nitrogens with zero attached hydrogens (tertiary/aromatic N) is 1. The maximum absolute atomic E-state index is 12.6. The molecule has 11 heavy (non-hydrogen) atoms. The number of likely N-dealkylation sites (tertiary alicyclic amines) is 1. The van der Waals surface area contributed by atoms with Crippen molar-refractivity contribution in [2.24, 2.45) is 0 Å². The van der Waals surface area contributed by atoms with E-state index in [1.165, 1.54) is 0 Å². The molecule has 3 heteroatoms. The van der Waals surface area contributed by atoms with Crippen LogP contribution in [0.4, 0.5) is 8.78 Å². The van der Waals surface area contributed by atoms with Gasteiger partial charge in [0.1, 0.15) is 0 Å². The molecule has 1 nitrogen and oxygen atoms in total. The van der Waals surface area contributed by atoms with Crippen molar-refractivity contribution in [2.75, 3.05) is 13.1 Å². The highest BCUT2D eigenvalue weighted by Gasteiger charge is 2.37. The SMILES string of the molecule is C/C=C(/C)N1CCC(F)(F)C1. The minimum atomic E-state index is -2.47. The largest absolute Gasteiger partial charge is 0.369 e. The monoisotopic (exact) mass is 161 g/mol. The van der Waals surface area contributed by atoms with Crippen LogP contribution in [0.2, 0.25) is 0 Å². The van der Waals surface area contributed by atoms with Gasteiger partial charge in [-0.25, -0.2) is 8.78 Å². The molecule has 0 aliphatic carbocycles. The smallest absolute Gasteiger partial charge is 0.266 e. The third-order valence-corrected chi connectivity index (χ3v) is 2.09. The van der Waals surface area contributed by atoms with Crippen molar-refractivity contribution >= 4 is 0 Å². The Labute approximate surface area is 65.7 Å². The van der Waals surface area contributed by atoms with Gasteiger partial charge >= 0.3 is 0 Å². The molecule has 1 fully saturated rings. The zero-order valence-electron chi connectivity index (χ0n) is 6.90. The highest BCUT2D eigenvalue weighted by molar-refractivity contribution is 5.00. The Bertz CT molecular complexity index is 175. The van der Waals surface area contributed by atoms with Gasteiger partial charge in [-0.1, -0.05) is 6.08 Å². The van der Waals surface area contributed by atoms with E-state index >= 15 is 0 Å². The Hall–Kier alpha value is -0.600. The third-order valence-electron chi connectivity index (χ3n) is 2.09. The maximum atomic E-state index is 12.6. The van der Waals surface area contributed by atoms with Gasteiger partial charge in [0.2, 0.25) is 0 Å². The van der Waals surface area contributed by atoms with Gasteiger partial charge in [0.25, 0.3) is 5.92 Å². The normalized spacial score (nSPS) is 24.4. The highest BCUT2D eigenvalue weighted by atomic mass is 19.3. The summed E-state index contributed by atoms with van der Waals surface area (Å²) >= 11 is 0. The molecule has 0 aromatic heterocycles. The Morgan fingerprint density at radius 2 is 2.18 bits per heavy atom. The van der Waals surface area contributed by atoms with Crippen molar-refractivity contribution in [3.8, 4) is 0 Å². The van der Waals surface area contributed by atoms with Crippen molar-refractivity contribution < 1.29 is 8.78 Å². The van der Waals surface area contributed by atoms with E-state index in [0.29, 0.717) is 6.54 Å². The lowest BCUT2D eigenvalue weighted by Gasteiger charge is -2.17. The molecule has 1 heterocycles. The zero-order chi connectivity index (χ0) is 8.48. The average molecular weight is 161 g/mol. The average Bonchev–Trinajstić information content (AvgIpc) is 2.29. The van der Waals surface area contributed by atoms with Crippen molar-refractivity contribution in [3.63, 3.8) is 0 Å². The van der Waals surface area contributed by atoms with Crippen LogP contribution in [0.1, 0.15) is 20.3 Å². The molecule has 0 aromatic carbocycles. The molecule has 0 amide bonds. The van der Waals surface area contributed by atoms with Crippen LogP contribution in [0.25, 0.3) is 0 Å². The topological polar surface area (TPSA) is 3.24 Å². The molecule has 0 atom stereocenters. The first kappa shape index (κ1) is 8.50. The van der Waals surface area contributed by atoms with E-state index in [9.17, 15) is 8.78 Å². The van der Waals surface area contributed by atoms with Crippen molar-refractivity contribution in [1.29, 1.82) is 0 Å². The Morgan fingerprint density at radius 3 is 2.55 bits per heavy atom. The van der Waals surface area contributed by atoms with Crippen LogP contribution >= 0.6 is 0 Å². The molecule has 0 unspecified atom stereocenters. The van der Waals surface area contributed by atoms with Crippen LogP contribution in [-0.2, 0) is 0 Å². The van der Waals surface area contributed by atoms with Crippen LogP contribution in [0, 0.1) is 0 Å². The Kier molecular flexibility index (Phi) is 2.16. The molecule has 1 saturated heterocycles. The second kappa shape index (κ2) is 2.80. The van der Waals surface area contributed by atoms with Crippen LogP contribution in [0.15, 0.2) is 11.8 Å². The first-order valence-electron chi connectivity index (χ1n) is 3.81. The van der Waals surface area contributed by atoms with Gasteiger partial charge in [0, 0.05) is 18.7 Å². The summed E-state index contributed by atoms with van der Waals surface area (Å²) in [5.41, 5.74) is 0.946. The van der Waals surface area contributed by atoms with E-state index in [-0.39, 0.29) is 13.0 Å². The molecular weight excluding hydrogens is 148 g/mol. The summed E-state index contributed by atoms with van der Waals surface area (Å²) in [7, 11) is 0. The lowest BCUT2D eigenvalue weighted by molar-refractivity contribution is 0.0151. The van der Waals surface area contributed by atoms with Crippen molar-refractivity contribution in [3.05, 3.63) is 11.8 Å². The molecule has 0 bridgehead atoms. The summed E-state index contributed by atoms with van der Waals surface area (Å²) in [5.74, 6) is -2.47. The van der Waals surface area contributed by atoms with E-state index in [1.807, 2.05) is 19.9 Å². The van der Waals surface area contributed by atoms with Gasteiger partial charge in [-0.3, -0.25) is 0 Å². The van der Waals surface area contributed by atoms with E-state index in [1.54, 1.807) is 4.90 Å². The quantitative estimate of drug-likeness (QED) is 0.570. The molecule has 0 saturated carbocycles. The van der Waals surface area contributed by atoms with Crippen LogP contribution < -0.4 is 0 Å². The molecular formula is C8H13F2N. The maximum Gasteiger partial charge on any atom is 0.266 e. The van der Waals surface area contributed by atoms with Crippen molar-refractivity contribution in [1.82, 2.24) is 4.90 Å². The number of halogens is 2. The number of hydrogen-bond acceptors (Lipinski definition) is 1. The van der Waals surface area contributed by atoms with Gasteiger partial charge in [-0.05, 0) is 13.8 Å². The summed E-state index contributed by atoms with van der Waals surface area (Å²) in [6.07, 6.45) is 1.86. The second-order valence-corrected chi connectivity index (χ2v) is 2.96. The molecule has 0 N–H and O–H groups in total. The standard InChI is InChI=1S/C8H13F2N/c1-3-7(2)11-5-4-8(9,10)6-11/h3H,4-6H2,1-2H3/b7-3-. The molecule has 0 aromatic rings. The van der Waals surface area contributed by atoms with E-state index in [4.69, 9.17) is 0 Å². The summed E-state index contributed by atoms with van der Waals surface area (Å²) < 4.78 is 25.2.